The molecule has 1 amide bonds. The van der Waals surface area contributed by atoms with Crippen molar-refractivity contribution in [2.24, 2.45) is 0 Å². The van der Waals surface area contributed by atoms with E-state index < -0.39 is 11.6 Å². The molecule has 1 saturated heterocycles. The lowest BCUT2D eigenvalue weighted by Gasteiger charge is -2.13. The van der Waals surface area contributed by atoms with Crippen LogP contribution in [-0.4, -0.2) is 15.2 Å². The Kier molecular flexibility index (Phi) is 4.00. The first-order valence-corrected chi connectivity index (χ1v) is 7.42. The van der Waals surface area contributed by atoms with Gasteiger partial charge in [0.2, 0.25) is 0 Å². The van der Waals surface area contributed by atoms with Crippen LogP contribution in [0.2, 0.25) is 0 Å². The smallest absolute Gasteiger partial charge is 0.268 e. The zero-order chi connectivity index (χ0) is 15.7. The Hall–Kier alpha value is -2.12. The predicted molar refractivity (Wildman–Crippen MR) is 86.2 cm³/mol. The van der Waals surface area contributed by atoms with Crippen LogP contribution in [0.3, 0.4) is 0 Å². The zero-order valence-electron chi connectivity index (χ0n) is 11.0. The van der Waals surface area contributed by atoms with Crippen molar-refractivity contribution in [1.29, 1.82) is 0 Å². The lowest BCUT2D eigenvalue weighted by molar-refractivity contribution is -0.113. The first-order valence-electron chi connectivity index (χ1n) is 6.20. The van der Waals surface area contributed by atoms with Gasteiger partial charge >= 0.3 is 0 Å². The van der Waals surface area contributed by atoms with Gasteiger partial charge < -0.3 is 0 Å². The van der Waals surface area contributed by atoms with Crippen LogP contribution in [0.15, 0.2) is 47.6 Å². The van der Waals surface area contributed by atoms with Crippen LogP contribution in [0.25, 0.3) is 6.08 Å². The molecule has 2 aromatic rings. The van der Waals surface area contributed by atoms with Crippen LogP contribution >= 0.6 is 24.0 Å². The SMILES string of the molecule is O=C1/C(=C/c2cccc(F)c2F)SC(=S)N1c1cccnc1. The van der Waals surface area contributed by atoms with E-state index in [1.54, 1.807) is 18.3 Å². The number of rotatable bonds is 2. The first-order chi connectivity index (χ1) is 10.6. The standard InChI is InChI=1S/C15H8F2N2OS2/c16-11-5-1-3-9(13(11)17)7-12-14(20)19(15(21)22-12)10-4-2-6-18-8-10/h1-8H/b12-7-. The average molecular weight is 334 g/mol. The van der Waals surface area contributed by atoms with Crippen LogP contribution in [0, 0.1) is 11.6 Å². The molecule has 0 aliphatic carbocycles. The highest BCUT2D eigenvalue weighted by Crippen LogP contribution is 2.35. The Morgan fingerprint density at radius 2 is 2.05 bits per heavy atom. The van der Waals surface area contributed by atoms with Crippen LogP contribution in [0.1, 0.15) is 5.56 Å². The number of anilines is 1. The van der Waals surface area contributed by atoms with Crippen molar-refractivity contribution in [3.05, 3.63) is 64.8 Å². The second-order valence-electron chi connectivity index (χ2n) is 4.37. The van der Waals surface area contributed by atoms with E-state index in [1.165, 1.54) is 29.3 Å². The maximum Gasteiger partial charge on any atom is 0.270 e. The molecule has 0 unspecified atom stereocenters. The van der Waals surface area contributed by atoms with Crippen LogP contribution < -0.4 is 4.90 Å². The minimum Gasteiger partial charge on any atom is -0.268 e. The van der Waals surface area contributed by atoms with Gasteiger partial charge in [-0.15, -0.1) is 0 Å². The van der Waals surface area contributed by atoms with E-state index in [4.69, 9.17) is 12.2 Å². The Morgan fingerprint density at radius 1 is 1.23 bits per heavy atom. The molecule has 3 nitrogen and oxygen atoms in total. The molecule has 7 heteroatoms. The van der Waals surface area contributed by atoms with E-state index in [1.807, 2.05) is 0 Å². The average Bonchev–Trinajstić information content (AvgIpc) is 2.79. The van der Waals surface area contributed by atoms with Gasteiger partial charge in [0.15, 0.2) is 16.0 Å². The number of hydrogen-bond acceptors (Lipinski definition) is 4. The van der Waals surface area contributed by atoms with E-state index in [0.717, 1.165) is 17.8 Å². The van der Waals surface area contributed by atoms with Crippen LogP contribution in [0.5, 0.6) is 0 Å². The van der Waals surface area contributed by atoms with Gasteiger partial charge in [-0.05, 0) is 24.3 Å². The predicted octanol–water partition coefficient (Wildman–Crippen LogP) is 3.77. The van der Waals surface area contributed by atoms with Gasteiger partial charge in [0.1, 0.15) is 0 Å². The number of benzene rings is 1. The second kappa shape index (κ2) is 5.94. The normalized spacial score (nSPS) is 16.6. The number of carbonyl (C=O) groups excluding carboxylic acids is 1. The quantitative estimate of drug-likeness (QED) is 0.618. The van der Waals surface area contributed by atoms with E-state index in [0.29, 0.717) is 10.0 Å². The molecule has 22 heavy (non-hydrogen) atoms. The third-order valence-electron chi connectivity index (χ3n) is 2.97. The minimum absolute atomic E-state index is 0.00619. The number of aromatic nitrogens is 1. The molecular weight excluding hydrogens is 326 g/mol. The second-order valence-corrected chi connectivity index (χ2v) is 6.05. The molecular formula is C15H8F2N2OS2. The first kappa shape index (κ1) is 14.8. The number of hydrogen-bond donors (Lipinski definition) is 0. The Labute approximate surface area is 134 Å². The lowest BCUT2D eigenvalue weighted by Crippen LogP contribution is -2.27. The van der Waals surface area contributed by atoms with Gasteiger partial charge in [0.05, 0.1) is 16.8 Å². The van der Waals surface area contributed by atoms with Crippen molar-refractivity contribution >= 4 is 46.0 Å². The summed E-state index contributed by atoms with van der Waals surface area (Å²) in [6.45, 7) is 0. The van der Waals surface area contributed by atoms with Gasteiger partial charge in [-0.25, -0.2) is 8.78 Å². The molecule has 1 aliphatic rings. The Bertz CT molecular complexity index is 793. The van der Waals surface area contributed by atoms with Gasteiger partial charge in [0.25, 0.3) is 5.91 Å². The summed E-state index contributed by atoms with van der Waals surface area (Å²) in [6, 6.07) is 7.18. The molecule has 2 heterocycles. The molecule has 1 aromatic carbocycles. The molecule has 0 bridgehead atoms. The fourth-order valence-electron chi connectivity index (χ4n) is 1.95. The maximum absolute atomic E-state index is 13.7. The fourth-order valence-corrected chi connectivity index (χ4v) is 3.24. The molecule has 1 fully saturated rings. The molecule has 0 N–H and O–H groups in total. The Balaban J connectivity index is 1.98. The minimum atomic E-state index is -0.992. The van der Waals surface area contributed by atoms with Crippen molar-refractivity contribution in [2.45, 2.75) is 0 Å². The fraction of sp³-hybridized carbons (Fsp3) is 0. The molecule has 1 aromatic heterocycles. The van der Waals surface area contributed by atoms with E-state index in [9.17, 15) is 13.6 Å². The van der Waals surface area contributed by atoms with E-state index in [-0.39, 0.29) is 16.4 Å². The number of carbonyl (C=O) groups is 1. The van der Waals surface area contributed by atoms with Crippen molar-refractivity contribution in [2.75, 3.05) is 4.90 Å². The van der Waals surface area contributed by atoms with Crippen molar-refractivity contribution < 1.29 is 13.6 Å². The highest BCUT2D eigenvalue weighted by Gasteiger charge is 2.33. The molecule has 3 rings (SSSR count). The lowest BCUT2D eigenvalue weighted by atomic mass is 10.2. The Morgan fingerprint density at radius 3 is 2.77 bits per heavy atom. The largest absolute Gasteiger partial charge is 0.270 e. The van der Waals surface area contributed by atoms with Gasteiger partial charge in [-0.1, -0.05) is 36.1 Å². The molecule has 0 radical (unpaired) electrons. The molecule has 110 valence electrons. The van der Waals surface area contributed by atoms with Crippen LogP contribution in [0.4, 0.5) is 14.5 Å². The number of amides is 1. The third-order valence-corrected chi connectivity index (χ3v) is 4.27. The van der Waals surface area contributed by atoms with Gasteiger partial charge in [-0.3, -0.25) is 14.7 Å². The summed E-state index contributed by atoms with van der Waals surface area (Å²) in [4.78, 5) is 17.9. The molecule has 0 saturated carbocycles. The number of thiocarbonyl (C=S) groups is 1. The molecule has 0 spiro atoms. The summed E-state index contributed by atoms with van der Waals surface area (Å²) in [6.07, 6.45) is 4.39. The highest BCUT2D eigenvalue weighted by atomic mass is 32.2. The van der Waals surface area contributed by atoms with Crippen molar-refractivity contribution in [3.63, 3.8) is 0 Å². The van der Waals surface area contributed by atoms with Gasteiger partial charge in [0, 0.05) is 11.8 Å². The summed E-state index contributed by atoms with van der Waals surface area (Å²) >= 11 is 6.22. The summed E-state index contributed by atoms with van der Waals surface area (Å²) in [5.41, 5.74) is 0.541. The third kappa shape index (κ3) is 2.65. The highest BCUT2D eigenvalue weighted by molar-refractivity contribution is 8.27. The summed E-state index contributed by atoms with van der Waals surface area (Å²) in [7, 11) is 0. The zero-order valence-corrected chi connectivity index (χ0v) is 12.6. The van der Waals surface area contributed by atoms with E-state index in [2.05, 4.69) is 4.98 Å². The monoisotopic (exact) mass is 334 g/mol. The summed E-state index contributed by atoms with van der Waals surface area (Å²) in [5, 5.41) is 0. The van der Waals surface area contributed by atoms with E-state index >= 15 is 0 Å². The van der Waals surface area contributed by atoms with Crippen molar-refractivity contribution in [3.8, 4) is 0 Å². The van der Waals surface area contributed by atoms with Gasteiger partial charge in [-0.2, -0.15) is 0 Å². The summed E-state index contributed by atoms with van der Waals surface area (Å²) < 4.78 is 27.3. The molecule has 0 atom stereocenters. The summed E-state index contributed by atoms with van der Waals surface area (Å²) in [5.74, 6) is -2.34. The topological polar surface area (TPSA) is 33.2 Å². The number of pyridine rings is 1. The number of thioether (sulfide) groups is 1. The van der Waals surface area contributed by atoms with Crippen LogP contribution in [-0.2, 0) is 4.79 Å². The number of halogens is 2. The van der Waals surface area contributed by atoms with Crippen molar-refractivity contribution in [1.82, 2.24) is 4.98 Å². The maximum atomic E-state index is 13.7. The number of nitrogens with zero attached hydrogens (tertiary/aromatic N) is 2. The molecule has 1 aliphatic heterocycles.